The summed E-state index contributed by atoms with van der Waals surface area (Å²) in [5, 5.41) is 19.2. The quantitative estimate of drug-likeness (QED) is 0.385. The molecule has 1 unspecified atom stereocenters. The first-order valence-electron chi connectivity index (χ1n) is 4.15. The molecular weight excluding hydrogens is 229 g/mol. The number of aliphatic hydroxyl groups is 1. The van der Waals surface area contributed by atoms with E-state index in [1.54, 1.807) is 0 Å². The van der Waals surface area contributed by atoms with Crippen molar-refractivity contribution in [1.29, 1.82) is 0 Å². The van der Waals surface area contributed by atoms with Gasteiger partial charge in [0.05, 0.1) is 35.3 Å². The molecule has 7 heteroatoms. The van der Waals surface area contributed by atoms with Crippen LogP contribution < -0.4 is 34.7 Å². The van der Waals surface area contributed by atoms with Gasteiger partial charge in [-0.05, 0) is 6.08 Å². The van der Waals surface area contributed by atoms with Gasteiger partial charge in [0.25, 0.3) is 0 Å². The van der Waals surface area contributed by atoms with Crippen LogP contribution in [0, 0.1) is 0 Å². The minimum Gasteiger partial charge on any atom is -0.543 e. The molecule has 2 aliphatic heterocycles. The van der Waals surface area contributed by atoms with E-state index in [0.717, 1.165) is 0 Å². The van der Waals surface area contributed by atoms with E-state index in [2.05, 4.69) is 0 Å². The summed E-state index contributed by atoms with van der Waals surface area (Å²) < 4.78 is 0. The van der Waals surface area contributed by atoms with Crippen molar-refractivity contribution in [2.75, 3.05) is 6.61 Å². The number of carbonyl (C=O) groups excluding carboxylic acids is 2. The predicted octanol–water partition coefficient (Wildman–Crippen LogP) is -4.71. The van der Waals surface area contributed by atoms with Crippen LogP contribution in [0.5, 0.6) is 0 Å². The fourth-order valence-corrected chi connectivity index (χ4v) is 2.83. The van der Waals surface area contributed by atoms with Gasteiger partial charge in [-0.2, -0.15) is 0 Å². The van der Waals surface area contributed by atoms with Gasteiger partial charge in [-0.1, -0.05) is 0 Å². The number of nitrogens with zero attached hydrogens (tertiary/aromatic N) is 1. The van der Waals surface area contributed by atoms with Crippen LogP contribution >= 0.6 is 11.8 Å². The van der Waals surface area contributed by atoms with Crippen LogP contribution in [-0.4, -0.2) is 39.1 Å². The summed E-state index contributed by atoms with van der Waals surface area (Å²) in [6.07, 6.45) is 1.71. The van der Waals surface area contributed by atoms with Crippen molar-refractivity contribution in [2.24, 2.45) is 0 Å². The van der Waals surface area contributed by atoms with Gasteiger partial charge < -0.3 is 15.0 Å². The molecule has 15 heavy (non-hydrogen) atoms. The van der Waals surface area contributed by atoms with E-state index < -0.39 is 5.97 Å². The van der Waals surface area contributed by atoms with Gasteiger partial charge in [0.2, 0.25) is 5.91 Å². The summed E-state index contributed by atoms with van der Waals surface area (Å²) in [5.41, 5.74) is -0.107. The average molecular weight is 237 g/mol. The van der Waals surface area contributed by atoms with Crippen molar-refractivity contribution in [3.63, 3.8) is 0 Å². The van der Waals surface area contributed by atoms with E-state index in [0.29, 0.717) is 6.42 Å². The Morgan fingerprint density at radius 2 is 2.40 bits per heavy atom. The van der Waals surface area contributed by atoms with Crippen LogP contribution in [0.1, 0.15) is 6.42 Å². The number of aliphatic carboxylic acids is 1. The smallest absolute Gasteiger partial charge is 0.543 e. The number of hydrogen-bond donors (Lipinski definition) is 1. The standard InChI is InChI=1S/C8H9NO4S.Na/c10-3-4-1-5(8(12)13)9-6(11)2-7(9)14-4;/h1,4,7,10H,2-3H2,(H,12,13);/q;+1/p-1/t4?,7-;/m1./s1. The molecule has 2 aliphatic rings. The second-order valence-corrected chi connectivity index (χ2v) is 4.54. The zero-order valence-corrected chi connectivity index (χ0v) is 11.0. The Balaban J connectivity index is 0.00000112. The molecule has 0 radical (unpaired) electrons. The molecule has 0 bridgehead atoms. The molecule has 0 aromatic carbocycles. The topological polar surface area (TPSA) is 80.7 Å². The molecule has 76 valence electrons. The third-order valence-corrected chi connectivity index (χ3v) is 3.56. The summed E-state index contributed by atoms with van der Waals surface area (Å²) in [6.45, 7) is -0.125. The van der Waals surface area contributed by atoms with Crippen molar-refractivity contribution in [2.45, 2.75) is 17.0 Å². The molecule has 1 saturated heterocycles. The monoisotopic (exact) mass is 237 g/mol. The van der Waals surface area contributed by atoms with Crippen LogP contribution in [0.25, 0.3) is 0 Å². The van der Waals surface area contributed by atoms with Gasteiger partial charge in [0.15, 0.2) is 0 Å². The van der Waals surface area contributed by atoms with Gasteiger partial charge in [-0.15, -0.1) is 11.8 Å². The molecule has 2 rings (SSSR count). The van der Waals surface area contributed by atoms with Gasteiger partial charge in [-0.3, -0.25) is 9.69 Å². The summed E-state index contributed by atoms with van der Waals surface area (Å²) in [7, 11) is 0. The number of carboxylic acids is 1. The number of fused-ring (bicyclic) bond motifs is 1. The molecule has 0 aliphatic carbocycles. The number of β-lactam (4-membered cyclic amide) rings is 1. The van der Waals surface area contributed by atoms with E-state index in [1.807, 2.05) is 0 Å². The molecule has 1 N–H and O–H groups in total. The van der Waals surface area contributed by atoms with Gasteiger partial charge in [0, 0.05) is 0 Å². The fraction of sp³-hybridized carbons (Fsp3) is 0.500. The first-order valence-corrected chi connectivity index (χ1v) is 5.09. The zero-order chi connectivity index (χ0) is 10.3. The molecule has 0 saturated carbocycles. The molecule has 0 aromatic heterocycles. The number of amides is 1. The van der Waals surface area contributed by atoms with Gasteiger partial charge >= 0.3 is 29.6 Å². The van der Waals surface area contributed by atoms with Gasteiger partial charge in [0.1, 0.15) is 0 Å². The van der Waals surface area contributed by atoms with Crippen LogP contribution in [0.2, 0.25) is 0 Å². The molecule has 2 heterocycles. The molecule has 0 spiro atoms. The van der Waals surface area contributed by atoms with E-state index in [4.69, 9.17) is 5.11 Å². The predicted molar refractivity (Wildman–Crippen MR) is 46.8 cm³/mol. The maximum Gasteiger partial charge on any atom is 1.00 e. The molecule has 1 fully saturated rings. The Bertz CT molecular complexity index is 333. The summed E-state index contributed by atoms with van der Waals surface area (Å²) >= 11 is 1.39. The minimum atomic E-state index is -1.36. The third kappa shape index (κ3) is 2.24. The number of hydrogen-bond acceptors (Lipinski definition) is 5. The van der Waals surface area contributed by atoms with Crippen LogP contribution in [0.3, 0.4) is 0 Å². The number of aliphatic hydroxyl groups excluding tert-OH is 1. The molecular formula is C8H8NNaO4S. The Kier molecular flexibility index (Phi) is 4.25. The third-order valence-electron chi connectivity index (χ3n) is 2.23. The maximum absolute atomic E-state index is 11.1. The first-order chi connectivity index (χ1) is 6.63. The number of carboxylic acid groups (broad SMARTS) is 1. The van der Waals surface area contributed by atoms with Crippen molar-refractivity contribution >= 4 is 23.6 Å². The second kappa shape index (κ2) is 4.88. The van der Waals surface area contributed by atoms with E-state index in [1.165, 1.54) is 22.7 Å². The van der Waals surface area contributed by atoms with Crippen LogP contribution in [-0.2, 0) is 9.59 Å². The van der Waals surface area contributed by atoms with Crippen molar-refractivity contribution in [3.05, 3.63) is 11.8 Å². The van der Waals surface area contributed by atoms with Crippen molar-refractivity contribution in [3.8, 4) is 0 Å². The van der Waals surface area contributed by atoms with Crippen molar-refractivity contribution < 1.29 is 49.4 Å². The molecule has 5 nitrogen and oxygen atoms in total. The fourth-order valence-electron chi connectivity index (χ4n) is 1.55. The number of thioether (sulfide) groups is 1. The summed E-state index contributed by atoms with van der Waals surface area (Å²) in [6, 6.07) is 0. The normalized spacial score (nSPS) is 28.5. The average Bonchev–Trinajstić information content (AvgIpc) is 2.14. The number of rotatable bonds is 2. The maximum atomic E-state index is 11.1. The molecule has 1 amide bonds. The Hall–Kier alpha value is -0.0100. The SMILES string of the molecule is O=C([O-])C1=CC(CO)S[C@@H]2CC(=O)N12.[Na+]. The van der Waals surface area contributed by atoms with Crippen molar-refractivity contribution in [1.82, 2.24) is 4.90 Å². The Morgan fingerprint density at radius 3 is 2.87 bits per heavy atom. The molecule has 2 atom stereocenters. The Morgan fingerprint density at radius 1 is 1.73 bits per heavy atom. The first kappa shape index (κ1) is 13.1. The second-order valence-electron chi connectivity index (χ2n) is 3.12. The van der Waals surface area contributed by atoms with E-state index in [9.17, 15) is 14.7 Å². The van der Waals surface area contributed by atoms with Crippen LogP contribution in [0.4, 0.5) is 0 Å². The summed E-state index contributed by atoms with van der Waals surface area (Å²) in [4.78, 5) is 23.0. The van der Waals surface area contributed by atoms with Gasteiger partial charge in [-0.25, -0.2) is 0 Å². The van der Waals surface area contributed by atoms with E-state index in [-0.39, 0.29) is 58.4 Å². The summed E-state index contributed by atoms with van der Waals surface area (Å²) in [5.74, 6) is -1.56. The minimum absolute atomic E-state index is 0. The zero-order valence-electron chi connectivity index (χ0n) is 8.17. The number of carbonyl (C=O) groups is 2. The largest absolute Gasteiger partial charge is 1.00 e. The van der Waals surface area contributed by atoms with E-state index >= 15 is 0 Å². The Labute approximate surface area is 113 Å². The molecule has 0 aromatic rings. The van der Waals surface area contributed by atoms with Crippen LogP contribution in [0.15, 0.2) is 11.8 Å².